The van der Waals surface area contributed by atoms with Gasteiger partial charge in [-0.2, -0.15) is 0 Å². The van der Waals surface area contributed by atoms with Crippen molar-refractivity contribution in [3.8, 4) is 5.75 Å². The monoisotopic (exact) mass is 356 g/mol. The predicted molar refractivity (Wildman–Crippen MR) is 98.1 cm³/mol. The standard InChI is InChI=1S/C18H17ClN4O2/c1-10(14-5-3-4-6-21-14)23-17-11-7-16(25-2)13(19)8-15(11)22-9-12(17)18(20)24/h3-10H,1-2H3,(H2,20,24)(H,22,23). The number of benzene rings is 1. The summed E-state index contributed by atoms with van der Waals surface area (Å²) in [5.41, 5.74) is 7.86. The fraction of sp³-hybridized carbons (Fsp3) is 0.167. The van der Waals surface area contributed by atoms with Gasteiger partial charge in [-0.25, -0.2) is 0 Å². The molecule has 3 N–H and O–H groups in total. The molecule has 0 spiro atoms. The van der Waals surface area contributed by atoms with E-state index in [0.717, 1.165) is 5.69 Å². The number of aromatic nitrogens is 2. The third-order valence-electron chi connectivity index (χ3n) is 3.90. The molecule has 0 aliphatic rings. The van der Waals surface area contributed by atoms with E-state index in [1.54, 1.807) is 18.3 Å². The lowest BCUT2D eigenvalue weighted by Crippen LogP contribution is -2.17. The Hall–Kier alpha value is -2.86. The Kier molecular flexibility index (Phi) is 4.72. The van der Waals surface area contributed by atoms with Gasteiger partial charge in [-0.3, -0.25) is 14.8 Å². The number of rotatable bonds is 5. The van der Waals surface area contributed by atoms with Crippen LogP contribution in [0.1, 0.15) is 29.0 Å². The van der Waals surface area contributed by atoms with E-state index in [1.807, 2.05) is 25.1 Å². The highest BCUT2D eigenvalue weighted by Gasteiger charge is 2.18. The smallest absolute Gasteiger partial charge is 0.252 e. The van der Waals surface area contributed by atoms with E-state index in [-0.39, 0.29) is 6.04 Å². The summed E-state index contributed by atoms with van der Waals surface area (Å²) in [4.78, 5) is 20.5. The number of anilines is 1. The summed E-state index contributed by atoms with van der Waals surface area (Å²) in [6.07, 6.45) is 3.16. The van der Waals surface area contributed by atoms with Gasteiger partial charge < -0.3 is 15.8 Å². The van der Waals surface area contributed by atoms with Crippen LogP contribution >= 0.6 is 11.6 Å². The number of primary amides is 1. The minimum absolute atomic E-state index is 0.147. The van der Waals surface area contributed by atoms with Gasteiger partial charge in [-0.1, -0.05) is 17.7 Å². The van der Waals surface area contributed by atoms with Gasteiger partial charge in [0, 0.05) is 17.8 Å². The average molecular weight is 357 g/mol. The van der Waals surface area contributed by atoms with Gasteiger partial charge >= 0.3 is 0 Å². The molecular formula is C18H17ClN4O2. The summed E-state index contributed by atoms with van der Waals surface area (Å²) < 4.78 is 5.28. The Morgan fingerprint density at radius 1 is 1.32 bits per heavy atom. The van der Waals surface area contributed by atoms with Crippen molar-refractivity contribution in [3.63, 3.8) is 0 Å². The van der Waals surface area contributed by atoms with Crippen molar-refractivity contribution >= 4 is 34.1 Å². The van der Waals surface area contributed by atoms with Gasteiger partial charge in [-0.15, -0.1) is 0 Å². The number of amides is 1. The van der Waals surface area contributed by atoms with E-state index in [2.05, 4.69) is 15.3 Å². The molecule has 25 heavy (non-hydrogen) atoms. The Morgan fingerprint density at radius 3 is 2.76 bits per heavy atom. The summed E-state index contributed by atoms with van der Waals surface area (Å²) in [5, 5.41) is 4.46. The molecule has 0 aliphatic heterocycles. The highest BCUT2D eigenvalue weighted by molar-refractivity contribution is 6.33. The fourth-order valence-corrected chi connectivity index (χ4v) is 2.85. The van der Waals surface area contributed by atoms with E-state index in [1.165, 1.54) is 13.3 Å². The fourth-order valence-electron chi connectivity index (χ4n) is 2.61. The Balaban J connectivity index is 2.16. The first-order valence-electron chi connectivity index (χ1n) is 7.64. The highest BCUT2D eigenvalue weighted by atomic mass is 35.5. The van der Waals surface area contributed by atoms with Crippen molar-refractivity contribution in [2.45, 2.75) is 13.0 Å². The van der Waals surface area contributed by atoms with Crippen molar-refractivity contribution < 1.29 is 9.53 Å². The molecule has 128 valence electrons. The molecule has 1 aromatic carbocycles. The van der Waals surface area contributed by atoms with Crippen LogP contribution in [-0.4, -0.2) is 23.0 Å². The van der Waals surface area contributed by atoms with Crippen molar-refractivity contribution in [2.24, 2.45) is 5.73 Å². The van der Waals surface area contributed by atoms with Crippen LogP contribution in [0.15, 0.2) is 42.7 Å². The molecule has 0 fully saturated rings. The number of hydrogen-bond donors (Lipinski definition) is 2. The second-order valence-corrected chi connectivity index (χ2v) is 5.94. The average Bonchev–Trinajstić information content (AvgIpc) is 2.61. The summed E-state index contributed by atoms with van der Waals surface area (Å²) in [6.45, 7) is 1.95. The van der Waals surface area contributed by atoms with Gasteiger partial charge in [0.2, 0.25) is 0 Å². The first kappa shape index (κ1) is 17.0. The summed E-state index contributed by atoms with van der Waals surface area (Å²) in [5.74, 6) is -0.0786. The van der Waals surface area contributed by atoms with Crippen LogP contribution in [0.3, 0.4) is 0 Å². The van der Waals surface area contributed by atoms with E-state index in [9.17, 15) is 4.79 Å². The molecule has 2 heterocycles. The minimum Gasteiger partial charge on any atom is -0.495 e. The lowest BCUT2D eigenvalue weighted by atomic mass is 10.1. The Bertz CT molecular complexity index is 931. The number of methoxy groups -OCH3 is 1. The quantitative estimate of drug-likeness (QED) is 0.729. The zero-order valence-electron chi connectivity index (χ0n) is 13.8. The van der Waals surface area contributed by atoms with Crippen LogP contribution in [0, 0.1) is 0 Å². The normalized spacial score (nSPS) is 12.0. The van der Waals surface area contributed by atoms with Gasteiger partial charge in [0.15, 0.2) is 0 Å². The van der Waals surface area contributed by atoms with Gasteiger partial charge in [-0.05, 0) is 31.2 Å². The molecule has 1 unspecified atom stereocenters. The zero-order chi connectivity index (χ0) is 18.0. The number of nitrogens with one attached hydrogen (secondary N) is 1. The molecular weight excluding hydrogens is 340 g/mol. The topological polar surface area (TPSA) is 90.1 Å². The predicted octanol–water partition coefficient (Wildman–Crippen LogP) is 3.56. The van der Waals surface area contributed by atoms with E-state index in [0.29, 0.717) is 32.9 Å². The molecule has 0 aliphatic carbocycles. The molecule has 1 atom stereocenters. The number of halogens is 1. The largest absolute Gasteiger partial charge is 0.495 e. The molecule has 6 nitrogen and oxygen atoms in total. The third kappa shape index (κ3) is 3.34. The summed E-state index contributed by atoms with van der Waals surface area (Å²) >= 11 is 6.17. The number of ether oxygens (including phenoxy) is 1. The van der Waals surface area contributed by atoms with Crippen molar-refractivity contribution in [2.75, 3.05) is 12.4 Å². The first-order chi connectivity index (χ1) is 12.0. The van der Waals surface area contributed by atoms with Gasteiger partial charge in [0.05, 0.1) is 40.6 Å². The third-order valence-corrected chi connectivity index (χ3v) is 4.19. The molecule has 0 saturated heterocycles. The van der Waals surface area contributed by atoms with Crippen LogP contribution in [0.4, 0.5) is 5.69 Å². The van der Waals surface area contributed by atoms with Gasteiger partial charge in [0.25, 0.3) is 5.91 Å². The second kappa shape index (κ2) is 6.94. The maximum Gasteiger partial charge on any atom is 0.252 e. The van der Waals surface area contributed by atoms with Crippen LogP contribution < -0.4 is 15.8 Å². The van der Waals surface area contributed by atoms with Crippen LogP contribution in [0.5, 0.6) is 5.75 Å². The molecule has 2 aromatic heterocycles. The number of pyridine rings is 2. The SMILES string of the molecule is COc1cc2c(NC(C)c3ccccn3)c(C(N)=O)cnc2cc1Cl. The molecule has 7 heteroatoms. The molecule has 0 bridgehead atoms. The van der Waals surface area contributed by atoms with Crippen LogP contribution in [0.2, 0.25) is 5.02 Å². The lowest BCUT2D eigenvalue weighted by Gasteiger charge is -2.19. The highest BCUT2D eigenvalue weighted by Crippen LogP contribution is 2.35. The lowest BCUT2D eigenvalue weighted by molar-refractivity contribution is 0.100. The number of carbonyl (C=O) groups is 1. The van der Waals surface area contributed by atoms with Crippen LogP contribution in [0.25, 0.3) is 10.9 Å². The maximum atomic E-state index is 11.9. The van der Waals surface area contributed by atoms with Crippen LogP contribution in [-0.2, 0) is 0 Å². The first-order valence-corrected chi connectivity index (χ1v) is 8.02. The van der Waals surface area contributed by atoms with Crippen molar-refractivity contribution in [3.05, 3.63) is 59.0 Å². The molecule has 0 saturated carbocycles. The Morgan fingerprint density at radius 2 is 2.12 bits per heavy atom. The number of carbonyl (C=O) groups excluding carboxylic acids is 1. The zero-order valence-corrected chi connectivity index (χ0v) is 14.5. The number of nitrogens with zero attached hydrogens (tertiary/aromatic N) is 2. The second-order valence-electron chi connectivity index (χ2n) is 5.54. The summed E-state index contributed by atoms with van der Waals surface area (Å²) in [7, 11) is 1.53. The maximum absolute atomic E-state index is 11.9. The number of nitrogens with two attached hydrogens (primary N) is 1. The summed E-state index contributed by atoms with van der Waals surface area (Å²) in [6, 6.07) is 8.94. The van der Waals surface area contributed by atoms with Gasteiger partial charge in [0.1, 0.15) is 5.75 Å². The van der Waals surface area contributed by atoms with E-state index >= 15 is 0 Å². The number of fused-ring (bicyclic) bond motifs is 1. The minimum atomic E-state index is -0.570. The van der Waals surface area contributed by atoms with E-state index < -0.39 is 5.91 Å². The molecule has 3 aromatic rings. The van der Waals surface area contributed by atoms with E-state index in [4.69, 9.17) is 22.1 Å². The van der Waals surface area contributed by atoms with Crippen molar-refractivity contribution in [1.82, 2.24) is 9.97 Å². The molecule has 3 rings (SSSR count). The van der Waals surface area contributed by atoms with Crippen molar-refractivity contribution in [1.29, 1.82) is 0 Å². The Labute approximate surface area is 150 Å². The molecule has 0 radical (unpaired) electrons. The number of hydrogen-bond acceptors (Lipinski definition) is 5. The molecule has 1 amide bonds.